The zero-order valence-corrected chi connectivity index (χ0v) is 15.1. The van der Waals surface area contributed by atoms with Crippen molar-refractivity contribution in [2.75, 3.05) is 11.9 Å². The first kappa shape index (κ1) is 17.8. The molecule has 1 aromatic carbocycles. The highest BCUT2D eigenvalue weighted by Gasteiger charge is 2.10. The van der Waals surface area contributed by atoms with Gasteiger partial charge in [-0.05, 0) is 30.5 Å². The molecule has 0 atom stereocenters. The van der Waals surface area contributed by atoms with E-state index in [0.29, 0.717) is 10.6 Å². The first-order chi connectivity index (χ1) is 12.7. The number of benzene rings is 1. The minimum absolute atomic E-state index is 0.159. The Kier molecular flexibility index (Phi) is 5.75. The van der Waals surface area contributed by atoms with Crippen molar-refractivity contribution in [2.24, 2.45) is 0 Å². The lowest BCUT2D eigenvalue weighted by Crippen LogP contribution is -2.27. The lowest BCUT2D eigenvalue weighted by Gasteiger charge is -2.08. The molecule has 0 saturated heterocycles. The number of thiophene rings is 1. The molecule has 0 saturated carbocycles. The summed E-state index contributed by atoms with van der Waals surface area (Å²) in [5, 5.41) is 15.5. The molecule has 0 fully saturated rings. The Hall–Kier alpha value is -3.00. The zero-order chi connectivity index (χ0) is 18.4. The van der Waals surface area contributed by atoms with Gasteiger partial charge in [-0.3, -0.25) is 9.59 Å². The average Bonchev–Trinajstić information content (AvgIpc) is 3.33. The fourth-order valence-corrected chi connectivity index (χ4v) is 3.09. The number of rotatable bonds is 7. The summed E-state index contributed by atoms with van der Waals surface area (Å²) in [7, 11) is 0. The van der Waals surface area contributed by atoms with Crippen LogP contribution in [0.3, 0.4) is 0 Å². The van der Waals surface area contributed by atoms with Gasteiger partial charge in [0, 0.05) is 30.8 Å². The molecule has 0 unspecified atom stereocenters. The second-order valence-corrected chi connectivity index (χ2v) is 6.50. The molecular weight excluding hydrogens is 350 g/mol. The molecule has 2 heterocycles. The van der Waals surface area contributed by atoms with Gasteiger partial charge < -0.3 is 15.2 Å². The van der Waals surface area contributed by atoms with Crippen molar-refractivity contribution in [1.82, 2.24) is 20.1 Å². The third-order valence-electron chi connectivity index (χ3n) is 3.74. The normalized spacial score (nSPS) is 10.5. The molecule has 0 aliphatic heterocycles. The van der Waals surface area contributed by atoms with Crippen LogP contribution in [0.15, 0.2) is 48.1 Å². The van der Waals surface area contributed by atoms with E-state index >= 15 is 0 Å². The van der Waals surface area contributed by atoms with E-state index in [1.54, 1.807) is 12.4 Å². The summed E-state index contributed by atoms with van der Waals surface area (Å²) in [6.45, 7) is 3.07. The molecule has 7 nitrogen and oxygen atoms in total. The van der Waals surface area contributed by atoms with Crippen molar-refractivity contribution in [3.8, 4) is 11.4 Å². The van der Waals surface area contributed by atoms with Crippen LogP contribution in [0.2, 0.25) is 0 Å². The van der Waals surface area contributed by atoms with Gasteiger partial charge in [0.25, 0.3) is 5.91 Å². The van der Waals surface area contributed by atoms with Gasteiger partial charge in [-0.2, -0.15) is 0 Å². The molecule has 0 bridgehead atoms. The first-order valence-electron chi connectivity index (χ1n) is 8.27. The van der Waals surface area contributed by atoms with Crippen molar-refractivity contribution in [2.45, 2.75) is 19.9 Å². The van der Waals surface area contributed by atoms with Gasteiger partial charge in [-0.25, -0.2) is 0 Å². The monoisotopic (exact) mass is 369 g/mol. The number of hydrogen-bond acceptors (Lipinski definition) is 5. The van der Waals surface area contributed by atoms with Crippen LogP contribution < -0.4 is 10.6 Å². The Balaban J connectivity index is 1.54. The molecule has 0 spiro atoms. The Morgan fingerprint density at radius 2 is 2.12 bits per heavy atom. The summed E-state index contributed by atoms with van der Waals surface area (Å²) in [6, 6.07) is 11.0. The number of aryl methyl sites for hydroxylation is 1. The molecular formula is C18H19N5O2S. The molecule has 2 aromatic heterocycles. The quantitative estimate of drug-likeness (QED) is 0.670. The molecule has 8 heteroatoms. The van der Waals surface area contributed by atoms with Crippen molar-refractivity contribution in [1.29, 1.82) is 0 Å². The topological polar surface area (TPSA) is 88.9 Å². The standard InChI is InChI=1S/C18H19N5O2S/c1-2-23-12-20-22-17(23)13-5-3-6-14(11-13)21-16(24)8-9-19-18(25)15-7-4-10-26-15/h3-7,10-12H,2,8-9H2,1H3,(H,19,25)(H,21,24). The lowest BCUT2D eigenvalue weighted by atomic mass is 10.2. The number of hydrogen-bond donors (Lipinski definition) is 2. The Bertz CT molecular complexity index is 889. The van der Waals surface area contributed by atoms with Crippen LogP contribution in [0.5, 0.6) is 0 Å². The third kappa shape index (κ3) is 4.34. The molecule has 2 amide bonds. The van der Waals surface area contributed by atoms with Crippen LogP contribution in [-0.4, -0.2) is 33.1 Å². The maximum absolute atomic E-state index is 12.1. The highest BCUT2D eigenvalue weighted by Crippen LogP contribution is 2.20. The molecule has 26 heavy (non-hydrogen) atoms. The summed E-state index contributed by atoms with van der Waals surface area (Å²) in [6.07, 6.45) is 1.88. The van der Waals surface area contributed by atoms with Crippen LogP contribution in [0.4, 0.5) is 5.69 Å². The number of carbonyl (C=O) groups excluding carboxylic acids is 2. The van der Waals surface area contributed by atoms with E-state index in [1.807, 2.05) is 47.2 Å². The minimum atomic E-state index is -0.161. The van der Waals surface area contributed by atoms with Gasteiger partial charge in [0.1, 0.15) is 6.33 Å². The molecule has 0 radical (unpaired) electrons. The Morgan fingerprint density at radius 1 is 1.23 bits per heavy atom. The fourth-order valence-electron chi connectivity index (χ4n) is 2.45. The smallest absolute Gasteiger partial charge is 0.261 e. The van der Waals surface area contributed by atoms with Gasteiger partial charge in [-0.15, -0.1) is 21.5 Å². The third-order valence-corrected chi connectivity index (χ3v) is 4.61. The highest BCUT2D eigenvalue weighted by atomic mass is 32.1. The van der Waals surface area contributed by atoms with Gasteiger partial charge in [0.05, 0.1) is 4.88 Å². The zero-order valence-electron chi connectivity index (χ0n) is 14.3. The van der Waals surface area contributed by atoms with Crippen LogP contribution in [-0.2, 0) is 11.3 Å². The Labute approximate surface area is 155 Å². The first-order valence-corrected chi connectivity index (χ1v) is 9.15. The van der Waals surface area contributed by atoms with E-state index in [0.717, 1.165) is 17.9 Å². The SMILES string of the molecule is CCn1cnnc1-c1cccc(NC(=O)CCNC(=O)c2cccs2)c1. The largest absolute Gasteiger partial charge is 0.351 e. The molecule has 3 aromatic rings. The van der Waals surface area contributed by atoms with E-state index in [-0.39, 0.29) is 24.8 Å². The number of nitrogens with zero attached hydrogens (tertiary/aromatic N) is 3. The second-order valence-electron chi connectivity index (χ2n) is 5.55. The second kappa shape index (κ2) is 8.39. The lowest BCUT2D eigenvalue weighted by molar-refractivity contribution is -0.116. The van der Waals surface area contributed by atoms with Crippen molar-refractivity contribution < 1.29 is 9.59 Å². The van der Waals surface area contributed by atoms with Gasteiger partial charge in [0.15, 0.2) is 5.82 Å². The number of anilines is 1. The number of amides is 2. The summed E-state index contributed by atoms with van der Waals surface area (Å²) in [5.74, 6) is 0.436. The average molecular weight is 369 g/mol. The van der Waals surface area contributed by atoms with Crippen LogP contribution in [0, 0.1) is 0 Å². The van der Waals surface area contributed by atoms with Crippen LogP contribution in [0.25, 0.3) is 11.4 Å². The summed E-state index contributed by atoms with van der Waals surface area (Å²) in [5.41, 5.74) is 1.57. The van der Waals surface area contributed by atoms with Crippen molar-refractivity contribution >= 4 is 28.8 Å². The van der Waals surface area contributed by atoms with E-state index in [4.69, 9.17) is 0 Å². The maximum Gasteiger partial charge on any atom is 0.261 e. The Morgan fingerprint density at radius 3 is 2.88 bits per heavy atom. The molecule has 0 aliphatic carbocycles. The van der Waals surface area contributed by atoms with Crippen LogP contribution >= 0.6 is 11.3 Å². The van der Waals surface area contributed by atoms with E-state index in [1.165, 1.54) is 11.3 Å². The van der Waals surface area contributed by atoms with E-state index in [2.05, 4.69) is 20.8 Å². The summed E-state index contributed by atoms with van der Waals surface area (Å²) in [4.78, 5) is 24.6. The number of carbonyl (C=O) groups is 2. The maximum atomic E-state index is 12.1. The highest BCUT2D eigenvalue weighted by molar-refractivity contribution is 7.12. The van der Waals surface area contributed by atoms with Gasteiger partial charge >= 0.3 is 0 Å². The van der Waals surface area contributed by atoms with E-state index < -0.39 is 0 Å². The van der Waals surface area contributed by atoms with Gasteiger partial charge in [0.2, 0.25) is 5.91 Å². The fraction of sp³-hybridized carbons (Fsp3) is 0.222. The predicted octanol–water partition coefficient (Wildman–Crippen LogP) is 2.79. The molecule has 134 valence electrons. The molecule has 3 rings (SSSR count). The molecule has 0 aliphatic rings. The molecule has 2 N–H and O–H groups in total. The van der Waals surface area contributed by atoms with E-state index in [9.17, 15) is 9.59 Å². The van der Waals surface area contributed by atoms with Gasteiger partial charge in [-0.1, -0.05) is 18.2 Å². The number of aromatic nitrogens is 3. The predicted molar refractivity (Wildman–Crippen MR) is 101 cm³/mol. The van der Waals surface area contributed by atoms with Crippen LogP contribution in [0.1, 0.15) is 23.0 Å². The number of nitrogens with one attached hydrogen (secondary N) is 2. The minimum Gasteiger partial charge on any atom is -0.351 e. The van der Waals surface area contributed by atoms with Crippen molar-refractivity contribution in [3.63, 3.8) is 0 Å². The van der Waals surface area contributed by atoms with Crippen molar-refractivity contribution in [3.05, 3.63) is 53.0 Å². The summed E-state index contributed by atoms with van der Waals surface area (Å²) < 4.78 is 1.93. The summed E-state index contributed by atoms with van der Waals surface area (Å²) >= 11 is 1.37.